The fourth-order valence-corrected chi connectivity index (χ4v) is 2.63. The van der Waals surface area contributed by atoms with Gasteiger partial charge < -0.3 is 19.9 Å². The summed E-state index contributed by atoms with van der Waals surface area (Å²) in [6, 6.07) is 8.05. The van der Waals surface area contributed by atoms with E-state index in [2.05, 4.69) is 30.1 Å². The summed E-state index contributed by atoms with van der Waals surface area (Å²) in [5.41, 5.74) is 1.20. The van der Waals surface area contributed by atoms with Crippen LogP contribution in [0.25, 0.3) is 0 Å². The number of urea groups is 1. The lowest BCUT2D eigenvalue weighted by Crippen LogP contribution is -2.52. The number of ether oxygens (including phenoxy) is 1. The lowest BCUT2D eigenvalue weighted by atomic mass is 10.1. The molecule has 0 spiro atoms. The van der Waals surface area contributed by atoms with Gasteiger partial charge in [-0.05, 0) is 24.6 Å². The number of para-hydroxylation sites is 1. The summed E-state index contributed by atoms with van der Waals surface area (Å²) in [7, 11) is 0. The number of benzene rings is 1. The van der Waals surface area contributed by atoms with Crippen molar-refractivity contribution in [1.82, 2.24) is 15.1 Å². The van der Waals surface area contributed by atoms with Gasteiger partial charge in [0.2, 0.25) is 0 Å². The van der Waals surface area contributed by atoms with Gasteiger partial charge in [0.1, 0.15) is 12.4 Å². The molecule has 1 aromatic rings. The smallest absolute Gasteiger partial charge is 0.317 e. The Labute approximate surface area is 133 Å². The molecule has 0 aromatic heterocycles. The summed E-state index contributed by atoms with van der Waals surface area (Å²) < 4.78 is 5.76. The SMILES string of the molecule is CCc1ccccc1OCCNC(=O)N1CCN(CC)CC1. The minimum Gasteiger partial charge on any atom is -0.491 e. The van der Waals surface area contributed by atoms with E-state index in [1.54, 1.807) is 0 Å². The van der Waals surface area contributed by atoms with Gasteiger partial charge in [-0.25, -0.2) is 4.79 Å². The van der Waals surface area contributed by atoms with E-state index in [0.717, 1.165) is 44.9 Å². The fourth-order valence-electron chi connectivity index (χ4n) is 2.63. The van der Waals surface area contributed by atoms with Crippen molar-refractivity contribution in [3.05, 3.63) is 29.8 Å². The Hall–Kier alpha value is -1.75. The molecule has 1 aliphatic heterocycles. The largest absolute Gasteiger partial charge is 0.491 e. The Morgan fingerprint density at radius 1 is 1.18 bits per heavy atom. The van der Waals surface area contributed by atoms with Crippen LogP contribution in [0.15, 0.2) is 24.3 Å². The molecule has 0 aliphatic carbocycles. The van der Waals surface area contributed by atoms with E-state index in [1.165, 1.54) is 5.56 Å². The Balaban J connectivity index is 1.67. The second kappa shape index (κ2) is 8.63. The second-order valence-corrected chi connectivity index (χ2v) is 5.46. The van der Waals surface area contributed by atoms with Crippen LogP contribution in [0.2, 0.25) is 0 Å². The first-order valence-electron chi connectivity index (χ1n) is 8.20. The van der Waals surface area contributed by atoms with Crippen molar-refractivity contribution in [1.29, 1.82) is 0 Å². The van der Waals surface area contributed by atoms with Crippen LogP contribution in [0.5, 0.6) is 5.75 Å². The molecule has 2 rings (SSSR count). The summed E-state index contributed by atoms with van der Waals surface area (Å²) >= 11 is 0. The maximum absolute atomic E-state index is 12.1. The minimum atomic E-state index is 0.0168. The number of carbonyl (C=O) groups is 1. The number of aryl methyl sites for hydroxylation is 1. The maximum atomic E-state index is 12.1. The highest BCUT2D eigenvalue weighted by Gasteiger charge is 2.19. The second-order valence-electron chi connectivity index (χ2n) is 5.46. The third-order valence-electron chi connectivity index (χ3n) is 4.10. The first kappa shape index (κ1) is 16.6. The Morgan fingerprint density at radius 2 is 1.91 bits per heavy atom. The maximum Gasteiger partial charge on any atom is 0.317 e. The van der Waals surface area contributed by atoms with Crippen LogP contribution < -0.4 is 10.1 Å². The third kappa shape index (κ3) is 4.63. The lowest BCUT2D eigenvalue weighted by Gasteiger charge is -2.33. The van der Waals surface area contributed by atoms with Crippen LogP contribution in [0.1, 0.15) is 19.4 Å². The van der Waals surface area contributed by atoms with Crippen LogP contribution in [0.3, 0.4) is 0 Å². The summed E-state index contributed by atoms with van der Waals surface area (Å²) in [5.74, 6) is 0.913. The highest BCUT2D eigenvalue weighted by molar-refractivity contribution is 5.74. The summed E-state index contributed by atoms with van der Waals surface area (Å²) in [4.78, 5) is 16.3. The number of nitrogens with zero attached hydrogens (tertiary/aromatic N) is 2. The predicted octanol–water partition coefficient (Wildman–Crippen LogP) is 1.97. The number of likely N-dealkylation sites (N-methyl/N-ethyl adjacent to an activating group) is 1. The van der Waals surface area contributed by atoms with Gasteiger partial charge in [0, 0.05) is 26.2 Å². The molecule has 122 valence electrons. The molecule has 1 N–H and O–H groups in total. The molecule has 2 amide bonds. The molecule has 0 radical (unpaired) electrons. The fraction of sp³-hybridized carbons (Fsp3) is 0.588. The van der Waals surface area contributed by atoms with Gasteiger partial charge in [-0.2, -0.15) is 0 Å². The van der Waals surface area contributed by atoms with Gasteiger partial charge in [0.25, 0.3) is 0 Å². The first-order valence-corrected chi connectivity index (χ1v) is 8.20. The zero-order chi connectivity index (χ0) is 15.8. The number of rotatable bonds is 6. The molecule has 0 atom stereocenters. The number of hydrogen-bond acceptors (Lipinski definition) is 3. The highest BCUT2D eigenvalue weighted by Crippen LogP contribution is 2.17. The van der Waals surface area contributed by atoms with Crippen molar-refractivity contribution in [2.45, 2.75) is 20.3 Å². The van der Waals surface area contributed by atoms with E-state index in [4.69, 9.17) is 4.74 Å². The van der Waals surface area contributed by atoms with Crippen LogP contribution in [-0.2, 0) is 6.42 Å². The molecule has 5 nitrogen and oxygen atoms in total. The molecule has 1 heterocycles. The van der Waals surface area contributed by atoms with E-state index in [0.29, 0.717) is 13.2 Å². The van der Waals surface area contributed by atoms with Gasteiger partial charge in [-0.1, -0.05) is 32.0 Å². The zero-order valence-electron chi connectivity index (χ0n) is 13.7. The van der Waals surface area contributed by atoms with Crippen molar-refractivity contribution < 1.29 is 9.53 Å². The molecular weight excluding hydrogens is 278 g/mol. The average Bonchev–Trinajstić information content (AvgIpc) is 2.59. The van der Waals surface area contributed by atoms with Crippen molar-refractivity contribution >= 4 is 6.03 Å². The quantitative estimate of drug-likeness (QED) is 0.817. The minimum absolute atomic E-state index is 0.0168. The standard InChI is InChI=1S/C17H27N3O2/c1-3-15-7-5-6-8-16(15)22-14-9-18-17(21)20-12-10-19(4-2)11-13-20/h5-8H,3-4,9-14H2,1-2H3,(H,18,21). The van der Waals surface area contributed by atoms with Crippen molar-refractivity contribution in [3.63, 3.8) is 0 Å². The van der Waals surface area contributed by atoms with Gasteiger partial charge in [0.15, 0.2) is 0 Å². The van der Waals surface area contributed by atoms with Gasteiger partial charge in [-0.15, -0.1) is 0 Å². The summed E-state index contributed by atoms with van der Waals surface area (Å²) in [6.07, 6.45) is 0.949. The predicted molar refractivity (Wildman–Crippen MR) is 88.4 cm³/mol. The Morgan fingerprint density at radius 3 is 2.59 bits per heavy atom. The number of nitrogens with one attached hydrogen (secondary N) is 1. The molecule has 0 saturated carbocycles. The topological polar surface area (TPSA) is 44.8 Å². The van der Waals surface area contributed by atoms with Crippen LogP contribution in [0, 0.1) is 0 Å². The Kier molecular flexibility index (Phi) is 6.52. The molecule has 22 heavy (non-hydrogen) atoms. The van der Waals surface area contributed by atoms with Gasteiger partial charge >= 0.3 is 6.03 Å². The molecule has 0 unspecified atom stereocenters. The van der Waals surface area contributed by atoms with Crippen molar-refractivity contribution in [2.24, 2.45) is 0 Å². The molecule has 0 bridgehead atoms. The third-order valence-corrected chi connectivity index (χ3v) is 4.10. The normalized spacial score (nSPS) is 15.6. The van der Waals surface area contributed by atoms with E-state index >= 15 is 0 Å². The number of amides is 2. The first-order chi connectivity index (χ1) is 10.7. The molecule has 1 fully saturated rings. The van der Waals surface area contributed by atoms with E-state index in [-0.39, 0.29) is 6.03 Å². The Bertz CT molecular complexity index is 471. The van der Waals surface area contributed by atoms with Crippen LogP contribution >= 0.6 is 0 Å². The van der Waals surface area contributed by atoms with Gasteiger partial charge in [0.05, 0.1) is 6.54 Å². The van der Waals surface area contributed by atoms with Gasteiger partial charge in [-0.3, -0.25) is 0 Å². The van der Waals surface area contributed by atoms with Crippen LogP contribution in [0.4, 0.5) is 4.79 Å². The van der Waals surface area contributed by atoms with E-state index < -0.39 is 0 Å². The molecule has 1 aliphatic rings. The van der Waals surface area contributed by atoms with Crippen LogP contribution in [-0.4, -0.2) is 61.7 Å². The molecular formula is C17H27N3O2. The van der Waals surface area contributed by atoms with Crippen molar-refractivity contribution in [2.75, 3.05) is 45.9 Å². The lowest BCUT2D eigenvalue weighted by molar-refractivity contribution is 0.142. The van der Waals surface area contributed by atoms with E-state index in [9.17, 15) is 4.79 Å². The number of piperazine rings is 1. The van der Waals surface area contributed by atoms with Crippen molar-refractivity contribution in [3.8, 4) is 5.75 Å². The molecule has 1 saturated heterocycles. The monoisotopic (exact) mass is 305 g/mol. The zero-order valence-corrected chi connectivity index (χ0v) is 13.7. The number of carbonyl (C=O) groups excluding carboxylic acids is 1. The molecule has 1 aromatic carbocycles. The average molecular weight is 305 g/mol. The molecule has 5 heteroatoms. The highest BCUT2D eigenvalue weighted by atomic mass is 16.5. The summed E-state index contributed by atoms with van der Waals surface area (Å²) in [5, 5.41) is 2.94. The number of hydrogen-bond donors (Lipinski definition) is 1. The van der Waals surface area contributed by atoms with E-state index in [1.807, 2.05) is 23.1 Å². The summed E-state index contributed by atoms with van der Waals surface area (Å²) in [6.45, 7) is 9.89.